The molecular formula is C22H22FN5O. The molecule has 1 saturated heterocycles. The molecule has 1 aliphatic heterocycles. The number of carbonyl (C=O) groups excluding carboxylic acids is 1. The predicted molar refractivity (Wildman–Crippen MR) is 112 cm³/mol. The molecule has 29 heavy (non-hydrogen) atoms. The third-order valence-electron chi connectivity index (χ3n) is 4.84. The number of nitrogens with zero attached hydrogens (tertiary/aromatic N) is 3. The smallest absolute Gasteiger partial charge is 0.258 e. The first-order valence-corrected chi connectivity index (χ1v) is 9.68. The fourth-order valence-electron chi connectivity index (χ4n) is 3.32. The van der Waals surface area contributed by atoms with Crippen molar-refractivity contribution in [1.29, 1.82) is 0 Å². The van der Waals surface area contributed by atoms with Gasteiger partial charge >= 0.3 is 0 Å². The first-order chi connectivity index (χ1) is 14.2. The minimum absolute atomic E-state index is 0.284. The van der Waals surface area contributed by atoms with Gasteiger partial charge in [-0.15, -0.1) is 0 Å². The van der Waals surface area contributed by atoms with E-state index in [-0.39, 0.29) is 17.7 Å². The van der Waals surface area contributed by atoms with E-state index < -0.39 is 0 Å². The highest BCUT2D eigenvalue weighted by Gasteiger charge is 2.12. The Labute approximate surface area is 168 Å². The Hall–Kier alpha value is -3.48. The van der Waals surface area contributed by atoms with Gasteiger partial charge < -0.3 is 15.5 Å². The van der Waals surface area contributed by atoms with Crippen LogP contribution in [0.4, 0.5) is 27.4 Å². The Bertz CT molecular complexity index is 969. The Morgan fingerprint density at radius 1 is 0.931 bits per heavy atom. The van der Waals surface area contributed by atoms with Gasteiger partial charge in [0.1, 0.15) is 5.82 Å². The molecule has 4 rings (SSSR count). The van der Waals surface area contributed by atoms with E-state index in [0.29, 0.717) is 11.3 Å². The maximum Gasteiger partial charge on any atom is 0.258 e. The summed E-state index contributed by atoms with van der Waals surface area (Å²) in [5, 5.41) is 5.76. The van der Waals surface area contributed by atoms with Crippen molar-refractivity contribution >= 4 is 28.9 Å². The van der Waals surface area contributed by atoms with Crippen LogP contribution in [0.2, 0.25) is 0 Å². The van der Waals surface area contributed by atoms with E-state index in [1.54, 1.807) is 12.1 Å². The number of hydrogen-bond donors (Lipinski definition) is 2. The third-order valence-corrected chi connectivity index (χ3v) is 4.84. The molecule has 2 heterocycles. The van der Waals surface area contributed by atoms with Gasteiger partial charge in [0.05, 0.1) is 5.56 Å². The topological polar surface area (TPSA) is 70.2 Å². The first kappa shape index (κ1) is 18.9. The second-order valence-corrected chi connectivity index (χ2v) is 6.98. The molecule has 0 unspecified atom stereocenters. The van der Waals surface area contributed by atoms with Gasteiger partial charge in [-0.25, -0.2) is 14.4 Å². The quantitative estimate of drug-likeness (QED) is 0.665. The summed E-state index contributed by atoms with van der Waals surface area (Å²) < 4.78 is 13.2. The number of nitrogens with one attached hydrogen (secondary N) is 2. The fraction of sp³-hybridized carbons (Fsp3) is 0.227. The van der Waals surface area contributed by atoms with E-state index in [4.69, 9.17) is 0 Å². The molecule has 1 aliphatic rings. The molecule has 1 fully saturated rings. The minimum atomic E-state index is -0.350. The molecule has 0 bridgehead atoms. The van der Waals surface area contributed by atoms with Crippen molar-refractivity contribution in [3.05, 3.63) is 72.3 Å². The van der Waals surface area contributed by atoms with E-state index in [2.05, 4.69) is 25.5 Å². The zero-order chi connectivity index (χ0) is 20.1. The summed E-state index contributed by atoms with van der Waals surface area (Å²) in [6, 6.07) is 13.9. The van der Waals surface area contributed by atoms with Crippen LogP contribution in [0.5, 0.6) is 0 Å². The summed E-state index contributed by atoms with van der Waals surface area (Å²) >= 11 is 0. The van der Waals surface area contributed by atoms with E-state index >= 15 is 0 Å². The van der Waals surface area contributed by atoms with Crippen molar-refractivity contribution in [2.75, 3.05) is 28.6 Å². The van der Waals surface area contributed by atoms with Crippen LogP contribution in [0.3, 0.4) is 0 Å². The molecule has 0 atom stereocenters. The largest absolute Gasteiger partial charge is 0.372 e. The lowest BCUT2D eigenvalue weighted by Crippen LogP contribution is -2.29. The summed E-state index contributed by atoms with van der Waals surface area (Å²) in [5.74, 6) is -0.344. The van der Waals surface area contributed by atoms with Gasteiger partial charge in [-0.05, 0) is 61.7 Å². The number of aromatic nitrogens is 2. The monoisotopic (exact) mass is 391 g/mol. The summed E-state index contributed by atoms with van der Waals surface area (Å²) in [6.07, 6.45) is 6.62. The lowest BCUT2D eigenvalue weighted by molar-refractivity contribution is 0.102. The second-order valence-electron chi connectivity index (χ2n) is 6.98. The van der Waals surface area contributed by atoms with Crippen molar-refractivity contribution in [1.82, 2.24) is 9.97 Å². The van der Waals surface area contributed by atoms with Crippen molar-refractivity contribution < 1.29 is 9.18 Å². The van der Waals surface area contributed by atoms with Crippen LogP contribution in [0.25, 0.3) is 0 Å². The Morgan fingerprint density at radius 3 is 2.34 bits per heavy atom. The number of benzene rings is 2. The van der Waals surface area contributed by atoms with Gasteiger partial charge in [0.25, 0.3) is 5.91 Å². The van der Waals surface area contributed by atoms with Crippen molar-refractivity contribution in [3.8, 4) is 0 Å². The fourth-order valence-corrected chi connectivity index (χ4v) is 3.32. The number of rotatable bonds is 5. The van der Waals surface area contributed by atoms with Gasteiger partial charge in [-0.2, -0.15) is 0 Å². The number of piperidine rings is 1. The number of halogens is 1. The van der Waals surface area contributed by atoms with Crippen LogP contribution in [0.15, 0.2) is 60.9 Å². The number of carbonyl (C=O) groups is 1. The molecule has 1 amide bonds. The molecule has 6 nitrogen and oxygen atoms in total. The van der Waals surface area contributed by atoms with E-state index in [1.807, 2.05) is 24.3 Å². The van der Waals surface area contributed by atoms with Crippen LogP contribution in [0.1, 0.15) is 29.6 Å². The Morgan fingerprint density at radius 2 is 1.66 bits per heavy atom. The van der Waals surface area contributed by atoms with Crippen LogP contribution in [-0.4, -0.2) is 29.0 Å². The molecular weight excluding hydrogens is 369 g/mol. The van der Waals surface area contributed by atoms with Crippen LogP contribution in [0, 0.1) is 5.82 Å². The highest BCUT2D eigenvalue weighted by atomic mass is 19.1. The lowest BCUT2D eigenvalue weighted by Gasteiger charge is -2.28. The standard InChI is InChI=1S/C22H22FN5O/c23-17-5-4-6-19(13-17)27-22-24-14-16(15-25-22)21(29)26-18-7-9-20(10-8-18)28-11-2-1-3-12-28/h4-10,13-15H,1-3,11-12H2,(H,26,29)(H,24,25,27). The number of hydrogen-bond acceptors (Lipinski definition) is 5. The minimum Gasteiger partial charge on any atom is -0.372 e. The summed E-state index contributed by atoms with van der Waals surface area (Å²) in [5.41, 5.74) is 2.78. The molecule has 2 aromatic carbocycles. The normalized spacial score (nSPS) is 13.8. The molecule has 0 saturated carbocycles. The van der Waals surface area contributed by atoms with Crippen molar-refractivity contribution in [2.45, 2.75) is 19.3 Å². The van der Waals surface area contributed by atoms with Crippen LogP contribution < -0.4 is 15.5 Å². The zero-order valence-corrected chi connectivity index (χ0v) is 15.9. The van der Waals surface area contributed by atoms with E-state index in [1.165, 1.54) is 49.5 Å². The SMILES string of the molecule is O=C(Nc1ccc(N2CCCCC2)cc1)c1cnc(Nc2cccc(F)c2)nc1. The lowest BCUT2D eigenvalue weighted by atomic mass is 10.1. The average Bonchev–Trinajstić information content (AvgIpc) is 2.75. The first-order valence-electron chi connectivity index (χ1n) is 9.68. The van der Waals surface area contributed by atoms with Gasteiger partial charge in [0.15, 0.2) is 0 Å². The molecule has 1 aromatic heterocycles. The summed E-state index contributed by atoms with van der Waals surface area (Å²) in [7, 11) is 0. The van der Waals surface area contributed by atoms with E-state index in [0.717, 1.165) is 18.8 Å². The molecule has 0 aliphatic carbocycles. The van der Waals surface area contributed by atoms with Gasteiger partial charge in [-0.3, -0.25) is 4.79 Å². The maximum atomic E-state index is 13.2. The molecule has 7 heteroatoms. The Balaban J connectivity index is 1.36. The number of amides is 1. The van der Waals surface area contributed by atoms with Crippen molar-refractivity contribution in [3.63, 3.8) is 0 Å². The maximum absolute atomic E-state index is 13.2. The second kappa shape index (κ2) is 8.68. The summed E-state index contributed by atoms with van der Waals surface area (Å²) in [6.45, 7) is 2.16. The molecule has 0 spiro atoms. The zero-order valence-electron chi connectivity index (χ0n) is 15.9. The van der Waals surface area contributed by atoms with Crippen LogP contribution in [-0.2, 0) is 0 Å². The predicted octanol–water partition coefficient (Wildman–Crippen LogP) is 4.60. The van der Waals surface area contributed by atoms with Crippen molar-refractivity contribution in [2.24, 2.45) is 0 Å². The van der Waals surface area contributed by atoms with Gasteiger partial charge in [0.2, 0.25) is 5.95 Å². The van der Waals surface area contributed by atoms with Crippen LogP contribution >= 0.6 is 0 Å². The van der Waals surface area contributed by atoms with Gasteiger partial charge in [-0.1, -0.05) is 6.07 Å². The molecule has 3 aromatic rings. The highest BCUT2D eigenvalue weighted by molar-refractivity contribution is 6.04. The average molecular weight is 391 g/mol. The summed E-state index contributed by atoms with van der Waals surface area (Å²) in [4.78, 5) is 23.1. The van der Waals surface area contributed by atoms with E-state index in [9.17, 15) is 9.18 Å². The molecule has 148 valence electrons. The van der Waals surface area contributed by atoms with Gasteiger partial charge in [0, 0.05) is 42.5 Å². The molecule has 0 radical (unpaired) electrons. The third kappa shape index (κ3) is 4.87. The molecule has 2 N–H and O–H groups in total. The highest BCUT2D eigenvalue weighted by Crippen LogP contribution is 2.22. The Kier molecular flexibility index (Phi) is 5.65. The number of anilines is 4.